The number of hydrogen-bond donors (Lipinski definition) is 3. The summed E-state index contributed by atoms with van der Waals surface area (Å²) < 4.78 is 62.7. The lowest BCUT2D eigenvalue weighted by Crippen LogP contribution is -2.41. The van der Waals surface area contributed by atoms with Crippen molar-refractivity contribution in [2.45, 2.75) is 57.2 Å². The maximum atomic E-state index is 14.8. The Balaban J connectivity index is 1.39. The molecule has 3 fully saturated rings. The van der Waals surface area contributed by atoms with Crippen molar-refractivity contribution in [1.82, 2.24) is 30.3 Å². The van der Waals surface area contributed by atoms with Gasteiger partial charge in [-0.2, -0.15) is 18.2 Å². The number of hydrogen-bond acceptors (Lipinski definition) is 9. The van der Waals surface area contributed by atoms with E-state index < -0.39 is 29.8 Å². The van der Waals surface area contributed by atoms with E-state index in [-0.39, 0.29) is 30.1 Å². The zero-order valence-electron chi connectivity index (χ0n) is 24.9. The third-order valence-electron chi connectivity index (χ3n) is 8.86. The first-order valence-corrected chi connectivity index (χ1v) is 15.2. The van der Waals surface area contributed by atoms with Gasteiger partial charge in [-0.3, -0.25) is 5.32 Å². The summed E-state index contributed by atoms with van der Waals surface area (Å²) >= 11 is 0. The maximum Gasteiger partial charge on any atom is 0.427 e. The molecule has 2 aliphatic heterocycles. The minimum Gasteiger partial charge on any atom is -0.377 e. The molecule has 1 saturated carbocycles. The lowest BCUT2D eigenvalue weighted by molar-refractivity contribution is -0.140. The average molecular weight is 641 g/mol. The molecule has 1 amide bonds. The van der Waals surface area contributed by atoms with E-state index in [0.29, 0.717) is 48.5 Å². The Morgan fingerprint density at radius 1 is 1.11 bits per heavy atom. The molecule has 2 aromatic carbocycles. The number of hydroxylamine groups is 1. The molecule has 2 aromatic heterocycles. The second-order valence-corrected chi connectivity index (χ2v) is 11.8. The second-order valence-electron chi connectivity index (χ2n) is 11.8. The summed E-state index contributed by atoms with van der Waals surface area (Å²) in [6, 6.07) is 12.5. The summed E-state index contributed by atoms with van der Waals surface area (Å²) in [5, 5.41) is 6.15. The molecule has 3 atom stereocenters. The Morgan fingerprint density at radius 2 is 1.91 bits per heavy atom. The lowest BCUT2D eigenvalue weighted by atomic mass is 9.80. The molecule has 4 heterocycles. The highest BCUT2D eigenvalue weighted by atomic mass is 19.4. The van der Waals surface area contributed by atoms with Gasteiger partial charge < -0.3 is 24.4 Å². The van der Waals surface area contributed by atoms with Gasteiger partial charge in [0.2, 0.25) is 5.95 Å². The zero-order valence-corrected chi connectivity index (χ0v) is 24.9. The highest BCUT2D eigenvalue weighted by molar-refractivity contribution is 5.86. The standard InChI is InChI=1S/C31H32F4N8O3/c1-17(19-8-5-9-19)36-25-24-26(38-27(37-25)28-40-30(44)46-41-28)39-29(42-12-13-45-16-23(42)20-6-3-2-4-7-20)43(24)15-18-10-11-21(22(32)14-18)31(33,34)35/h2-4,6-7,10-11,14,17,19,23,28,41H,5,8-9,12-13,15-16H2,1H3,(H,40,44)(H,36,37,38)/t17-,23?,28?/m1/s1. The van der Waals surface area contributed by atoms with Gasteiger partial charge >= 0.3 is 12.3 Å². The van der Waals surface area contributed by atoms with Crippen LogP contribution in [-0.4, -0.2) is 51.4 Å². The van der Waals surface area contributed by atoms with E-state index in [1.807, 2.05) is 34.9 Å². The molecule has 11 nitrogen and oxygen atoms in total. The number of halogens is 4. The highest BCUT2D eigenvalue weighted by Gasteiger charge is 2.36. The number of nitrogens with zero attached hydrogens (tertiary/aromatic N) is 5. The van der Waals surface area contributed by atoms with Crippen LogP contribution in [0.2, 0.25) is 0 Å². The molecule has 15 heteroatoms. The van der Waals surface area contributed by atoms with Crippen LogP contribution in [0.1, 0.15) is 60.9 Å². The number of benzene rings is 2. The number of imidazole rings is 1. The van der Waals surface area contributed by atoms with Crippen LogP contribution >= 0.6 is 0 Å². The normalized spacial score (nSPS) is 21.2. The van der Waals surface area contributed by atoms with Crippen LogP contribution in [0.3, 0.4) is 0 Å². The third kappa shape index (κ3) is 5.80. The fourth-order valence-electron chi connectivity index (χ4n) is 6.18. The number of anilines is 2. The third-order valence-corrected chi connectivity index (χ3v) is 8.86. The molecule has 2 saturated heterocycles. The van der Waals surface area contributed by atoms with Gasteiger partial charge in [0, 0.05) is 12.6 Å². The van der Waals surface area contributed by atoms with Gasteiger partial charge in [-0.15, -0.1) is 5.48 Å². The molecule has 7 rings (SSSR count). The van der Waals surface area contributed by atoms with E-state index in [2.05, 4.69) is 27.9 Å². The SMILES string of the molecule is C[C@@H](Nc1nc(C2NOC(=O)N2)nc2nc(N3CCOCC3c3ccccc3)n(Cc3ccc(C(F)(F)F)c(F)c3)c12)C1CCC1. The molecule has 3 aliphatic rings. The highest BCUT2D eigenvalue weighted by Crippen LogP contribution is 2.37. The minimum absolute atomic E-state index is 0.0174. The number of amides is 1. The average Bonchev–Trinajstić information content (AvgIpc) is 3.59. The number of carbonyl (C=O) groups is 1. The van der Waals surface area contributed by atoms with Gasteiger partial charge in [0.1, 0.15) is 11.3 Å². The monoisotopic (exact) mass is 640 g/mol. The van der Waals surface area contributed by atoms with Gasteiger partial charge in [0.15, 0.2) is 23.5 Å². The van der Waals surface area contributed by atoms with Crippen molar-refractivity contribution in [3.05, 3.63) is 76.9 Å². The summed E-state index contributed by atoms with van der Waals surface area (Å²) in [5.74, 6) is 0.168. The molecular weight excluding hydrogens is 608 g/mol. The summed E-state index contributed by atoms with van der Waals surface area (Å²) in [7, 11) is 0. The maximum absolute atomic E-state index is 14.8. The molecule has 0 bridgehead atoms. The molecule has 0 radical (unpaired) electrons. The van der Waals surface area contributed by atoms with E-state index in [1.165, 1.54) is 6.07 Å². The van der Waals surface area contributed by atoms with Crippen molar-refractivity contribution < 1.29 is 31.9 Å². The van der Waals surface area contributed by atoms with Crippen LogP contribution in [-0.2, 0) is 22.3 Å². The summed E-state index contributed by atoms with van der Waals surface area (Å²) in [4.78, 5) is 33.2. The van der Waals surface area contributed by atoms with Gasteiger partial charge in [0.25, 0.3) is 0 Å². The lowest BCUT2D eigenvalue weighted by Gasteiger charge is -2.37. The van der Waals surface area contributed by atoms with Crippen LogP contribution in [0, 0.1) is 11.7 Å². The predicted octanol–water partition coefficient (Wildman–Crippen LogP) is 5.45. The van der Waals surface area contributed by atoms with Crippen molar-refractivity contribution in [2.24, 2.45) is 5.92 Å². The molecular formula is C31H32F4N8O3. The quantitative estimate of drug-likeness (QED) is 0.216. The van der Waals surface area contributed by atoms with Crippen LogP contribution in [0.5, 0.6) is 0 Å². The number of alkyl halides is 3. The van der Waals surface area contributed by atoms with Crippen molar-refractivity contribution in [2.75, 3.05) is 30.0 Å². The number of rotatable bonds is 8. The van der Waals surface area contributed by atoms with Crippen molar-refractivity contribution in [3.63, 3.8) is 0 Å². The van der Waals surface area contributed by atoms with E-state index in [4.69, 9.17) is 24.5 Å². The second kappa shape index (κ2) is 12.0. The molecule has 3 N–H and O–H groups in total. The van der Waals surface area contributed by atoms with Crippen LogP contribution < -0.4 is 21.0 Å². The topological polar surface area (TPSA) is 118 Å². The van der Waals surface area contributed by atoms with Gasteiger partial charge in [-0.05, 0) is 48.9 Å². The number of carbonyl (C=O) groups excluding carboxylic acids is 1. The Hall–Kier alpha value is -4.50. The first-order valence-electron chi connectivity index (χ1n) is 15.2. The first-order chi connectivity index (χ1) is 22.2. The Labute approximate surface area is 261 Å². The Morgan fingerprint density at radius 3 is 2.59 bits per heavy atom. The number of morpholine rings is 1. The van der Waals surface area contributed by atoms with E-state index >= 15 is 0 Å². The van der Waals surface area contributed by atoms with Crippen LogP contribution in [0.25, 0.3) is 11.2 Å². The largest absolute Gasteiger partial charge is 0.427 e. The summed E-state index contributed by atoms with van der Waals surface area (Å²) in [6.07, 6.45) is -3.08. The summed E-state index contributed by atoms with van der Waals surface area (Å²) in [5.41, 5.74) is 3.32. The number of fused-ring (bicyclic) bond motifs is 1. The van der Waals surface area contributed by atoms with Gasteiger partial charge in [-0.1, -0.05) is 42.8 Å². The van der Waals surface area contributed by atoms with Gasteiger partial charge in [0.05, 0.1) is 31.4 Å². The Kier molecular flexibility index (Phi) is 7.88. The van der Waals surface area contributed by atoms with Crippen LogP contribution in [0.15, 0.2) is 48.5 Å². The smallest absolute Gasteiger partial charge is 0.377 e. The van der Waals surface area contributed by atoms with E-state index in [9.17, 15) is 22.4 Å². The summed E-state index contributed by atoms with van der Waals surface area (Å²) in [6.45, 7) is 3.29. The van der Waals surface area contributed by atoms with Gasteiger partial charge in [-0.25, -0.2) is 19.2 Å². The fourth-order valence-corrected chi connectivity index (χ4v) is 6.18. The van der Waals surface area contributed by atoms with E-state index in [1.54, 1.807) is 0 Å². The molecule has 242 valence electrons. The van der Waals surface area contributed by atoms with Crippen molar-refractivity contribution in [3.8, 4) is 0 Å². The molecule has 2 unspecified atom stereocenters. The number of aromatic nitrogens is 4. The predicted molar refractivity (Wildman–Crippen MR) is 159 cm³/mol. The van der Waals surface area contributed by atoms with Crippen LogP contribution in [0.4, 0.5) is 34.1 Å². The molecule has 4 aromatic rings. The number of ether oxygens (including phenoxy) is 1. The molecule has 1 aliphatic carbocycles. The van der Waals surface area contributed by atoms with E-state index in [0.717, 1.165) is 37.0 Å². The minimum atomic E-state index is -4.82. The molecule has 0 spiro atoms. The van der Waals surface area contributed by atoms with Crippen molar-refractivity contribution in [1.29, 1.82) is 0 Å². The van der Waals surface area contributed by atoms with Crippen molar-refractivity contribution >= 4 is 29.0 Å². The number of nitrogens with one attached hydrogen (secondary N) is 3. The first kappa shape index (κ1) is 30.2. The Bertz CT molecular complexity index is 1750. The zero-order chi connectivity index (χ0) is 32.0. The fraction of sp³-hybridized carbons (Fsp3) is 0.419. The molecule has 46 heavy (non-hydrogen) atoms.